The number of carbonyl (C=O) groups is 2. The molecule has 3 rings (SSSR count). The molecule has 2 amide bonds. The first kappa shape index (κ1) is 15.3. The zero-order chi connectivity index (χ0) is 16.2. The van der Waals surface area contributed by atoms with Crippen molar-refractivity contribution in [3.63, 3.8) is 0 Å². The van der Waals surface area contributed by atoms with Gasteiger partial charge < -0.3 is 10.6 Å². The zero-order valence-corrected chi connectivity index (χ0v) is 12.9. The highest BCUT2D eigenvalue weighted by Gasteiger charge is 2.37. The highest BCUT2D eigenvalue weighted by atomic mass is 16.2. The van der Waals surface area contributed by atoms with E-state index in [1.54, 1.807) is 4.90 Å². The normalized spacial score (nSPS) is 17.4. The zero-order valence-electron chi connectivity index (χ0n) is 12.9. The van der Waals surface area contributed by atoms with E-state index in [2.05, 4.69) is 0 Å². The molecule has 2 N–H and O–H groups in total. The first-order valence-electron chi connectivity index (χ1n) is 7.88. The molecule has 1 aliphatic rings. The van der Waals surface area contributed by atoms with Gasteiger partial charge >= 0.3 is 0 Å². The Balaban J connectivity index is 1.99. The topological polar surface area (TPSA) is 63.4 Å². The fourth-order valence-corrected chi connectivity index (χ4v) is 3.26. The number of benzene rings is 2. The molecule has 2 aromatic rings. The number of primary amides is 1. The lowest BCUT2D eigenvalue weighted by molar-refractivity contribution is -0.137. The van der Waals surface area contributed by atoms with Gasteiger partial charge in [-0.1, -0.05) is 60.7 Å². The standard InChI is InChI=1S/C19H20N2O2/c20-18(22)16-12-7-13-21(16)19(23)17(14-8-3-1-4-9-14)15-10-5-2-6-11-15/h1-6,8-11,16-17H,7,12-13H2,(H2,20,22)/t16-/m0/s1. The largest absolute Gasteiger partial charge is 0.368 e. The number of nitrogens with two attached hydrogens (primary N) is 1. The second-order valence-electron chi connectivity index (χ2n) is 5.85. The van der Waals surface area contributed by atoms with Crippen LogP contribution in [0.4, 0.5) is 0 Å². The van der Waals surface area contributed by atoms with Gasteiger partial charge in [-0.05, 0) is 24.0 Å². The molecule has 4 nitrogen and oxygen atoms in total. The van der Waals surface area contributed by atoms with Gasteiger partial charge in [-0.15, -0.1) is 0 Å². The van der Waals surface area contributed by atoms with Crippen molar-refractivity contribution in [3.05, 3.63) is 71.8 Å². The van der Waals surface area contributed by atoms with E-state index in [-0.39, 0.29) is 5.91 Å². The van der Waals surface area contributed by atoms with E-state index >= 15 is 0 Å². The van der Waals surface area contributed by atoms with E-state index in [9.17, 15) is 9.59 Å². The Hall–Kier alpha value is -2.62. The SMILES string of the molecule is NC(=O)[C@@H]1CCCN1C(=O)C(c1ccccc1)c1ccccc1. The van der Waals surface area contributed by atoms with Crippen LogP contribution in [0.25, 0.3) is 0 Å². The Morgan fingerprint density at radius 1 is 0.957 bits per heavy atom. The number of hydrogen-bond acceptors (Lipinski definition) is 2. The number of hydrogen-bond donors (Lipinski definition) is 1. The molecule has 1 saturated heterocycles. The molecule has 0 spiro atoms. The number of rotatable bonds is 4. The highest BCUT2D eigenvalue weighted by Crippen LogP contribution is 2.30. The summed E-state index contributed by atoms with van der Waals surface area (Å²) in [6.45, 7) is 0.586. The van der Waals surface area contributed by atoms with Crippen LogP contribution in [0.15, 0.2) is 60.7 Å². The fourth-order valence-electron chi connectivity index (χ4n) is 3.26. The van der Waals surface area contributed by atoms with Gasteiger partial charge in [0.2, 0.25) is 11.8 Å². The van der Waals surface area contributed by atoms with Gasteiger partial charge in [-0.25, -0.2) is 0 Å². The van der Waals surface area contributed by atoms with E-state index in [0.717, 1.165) is 17.5 Å². The van der Waals surface area contributed by atoms with Crippen LogP contribution in [0, 0.1) is 0 Å². The van der Waals surface area contributed by atoms with E-state index in [0.29, 0.717) is 13.0 Å². The molecule has 1 atom stereocenters. The lowest BCUT2D eigenvalue weighted by Crippen LogP contribution is -2.45. The first-order chi connectivity index (χ1) is 11.2. The Morgan fingerprint density at radius 2 is 1.48 bits per heavy atom. The molecule has 1 heterocycles. The van der Waals surface area contributed by atoms with Crippen molar-refractivity contribution in [1.29, 1.82) is 0 Å². The number of amides is 2. The summed E-state index contributed by atoms with van der Waals surface area (Å²) in [6, 6.07) is 18.9. The Bertz CT molecular complexity index is 646. The van der Waals surface area contributed by atoms with Crippen LogP contribution in [-0.4, -0.2) is 29.3 Å². The maximum atomic E-state index is 13.2. The van der Waals surface area contributed by atoms with Crippen molar-refractivity contribution in [2.24, 2.45) is 5.73 Å². The molecule has 0 bridgehead atoms. The molecule has 0 saturated carbocycles. The van der Waals surface area contributed by atoms with Gasteiger partial charge in [-0.2, -0.15) is 0 Å². The lowest BCUT2D eigenvalue weighted by atomic mass is 9.90. The molecule has 2 aromatic carbocycles. The van der Waals surface area contributed by atoms with Crippen molar-refractivity contribution in [2.75, 3.05) is 6.54 Å². The third kappa shape index (κ3) is 3.11. The predicted molar refractivity (Wildman–Crippen MR) is 88.7 cm³/mol. The van der Waals surface area contributed by atoms with Crippen LogP contribution in [0.1, 0.15) is 29.9 Å². The average molecular weight is 308 g/mol. The van der Waals surface area contributed by atoms with E-state index in [1.807, 2.05) is 60.7 Å². The third-order valence-corrected chi connectivity index (χ3v) is 4.38. The van der Waals surface area contributed by atoms with Crippen LogP contribution in [-0.2, 0) is 9.59 Å². The second-order valence-corrected chi connectivity index (χ2v) is 5.85. The van der Waals surface area contributed by atoms with Crippen LogP contribution < -0.4 is 5.73 Å². The molecule has 0 unspecified atom stereocenters. The minimum Gasteiger partial charge on any atom is -0.368 e. The van der Waals surface area contributed by atoms with Crippen molar-refractivity contribution in [1.82, 2.24) is 4.90 Å². The Labute approximate surface area is 135 Å². The molecular formula is C19H20N2O2. The summed E-state index contributed by atoms with van der Waals surface area (Å²) in [5.74, 6) is -0.878. The van der Waals surface area contributed by atoms with Gasteiger partial charge in [-0.3, -0.25) is 9.59 Å². The first-order valence-corrected chi connectivity index (χ1v) is 7.88. The molecule has 23 heavy (non-hydrogen) atoms. The van der Waals surface area contributed by atoms with Crippen molar-refractivity contribution >= 4 is 11.8 Å². The van der Waals surface area contributed by atoms with Crippen LogP contribution >= 0.6 is 0 Å². The monoisotopic (exact) mass is 308 g/mol. The number of likely N-dealkylation sites (tertiary alicyclic amines) is 1. The fraction of sp³-hybridized carbons (Fsp3) is 0.263. The molecule has 0 aliphatic carbocycles. The molecule has 118 valence electrons. The van der Waals surface area contributed by atoms with Crippen LogP contribution in [0.5, 0.6) is 0 Å². The van der Waals surface area contributed by atoms with E-state index in [4.69, 9.17) is 5.73 Å². The van der Waals surface area contributed by atoms with Gasteiger partial charge in [0.1, 0.15) is 6.04 Å². The summed E-state index contributed by atoms with van der Waals surface area (Å²) in [6.07, 6.45) is 1.47. The molecule has 1 fully saturated rings. The summed E-state index contributed by atoms with van der Waals surface area (Å²) in [4.78, 5) is 26.5. The minimum atomic E-state index is -0.488. The number of carbonyl (C=O) groups excluding carboxylic acids is 2. The molecule has 0 aromatic heterocycles. The van der Waals surface area contributed by atoms with E-state index < -0.39 is 17.9 Å². The maximum absolute atomic E-state index is 13.2. The summed E-state index contributed by atoms with van der Waals surface area (Å²) in [5, 5.41) is 0. The van der Waals surface area contributed by atoms with Crippen molar-refractivity contribution in [3.8, 4) is 0 Å². The van der Waals surface area contributed by atoms with Crippen LogP contribution in [0.2, 0.25) is 0 Å². The van der Waals surface area contributed by atoms with Crippen molar-refractivity contribution < 1.29 is 9.59 Å². The summed E-state index contributed by atoms with van der Waals surface area (Å²) in [5.41, 5.74) is 7.33. The second kappa shape index (κ2) is 6.65. The smallest absolute Gasteiger partial charge is 0.240 e. The highest BCUT2D eigenvalue weighted by molar-refractivity contribution is 5.92. The van der Waals surface area contributed by atoms with Gasteiger partial charge in [0.15, 0.2) is 0 Å². The molecule has 0 radical (unpaired) electrons. The van der Waals surface area contributed by atoms with Crippen molar-refractivity contribution in [2.45, 2.75) is 24.8 Å². The predicted octanol–water partition coefficient (Wildman–Crippen LogP) is 2.29. The van der Waals surface area contributed by atoms with Gasteiger partial charge in [0, 0.05) is 6.54 Å². The average Bonchev–Trinajstić information content (AvgIpc) is 3.07. The van der Waals surface area contributed by atoms with Crippen LogP contribution in [0.3, 0.4) is 0 Å². The molecule has 1 aliphatic heterocycles. The maximum Gasteiger partial charge on any atom is 0.240 e. The quantitative estimate of drug-likeness (QED) is 0.942. The Kier molecular flexibility index (Phi) is 4.42. The summed E-state index contributed by atoms with van der Waals surface area (Å²) < 4.78 is 0. The lowest BCUT2D eigenvalue weighted by Gasteiger charge is -2.28. The summed E-state index contributed by atoms with van der Waals surface area (Å²) in [7, 11) is 0. The Morgan fingerprint density at radius 3 is 1.96 bits per heavy atom. The third-order valence-electron chi connectivity index (χ3n) is 4.38. The molecular weight excluding hydrogens is 288 g/mol. The molecule has 4 heteroatoms. The van der Waals surface area contributed by atoms with E-state index in [1.165, 1.54) is 0 Å². The minimum absolute atomic E-state index is 0.0521. The number of nitrogens with zero attached hydrogens (tertiary/aromatic N) is 1. The van der Waals surface area contributed by atoms with Gasteiger partial charge in [0.25, 0.3) is 0 Å². The van der Waals surface area contributed by atoms with Gasteiger partial charge in [0.05, 0.1) is 5.92 Å². The summed E-state index contributed by atoms with van der Waals surface area (Å²) >= 11 is 0.